The first-order valence-electron chi connectivity index (χ1n) is 6.65. The van der Waals surface area contributed by atoms with Crippen LogP contribution in [-0.2, 0) is 4.79 Å². The van der Waals surface area contributed by atoms with E-state index >= 15 is 0 Å². The van der Waals surface area contributed by atoms with E-state index in [0.29, 0.717) is 26.2 Å². The summed E-state index contributed by atoms with van der Waals surface area (Å²) in [6.45, 7) is 3.78. The maximum atomic E-state index is 11.9. The van der Waals surface area contributed by atoms with Crippen molar-refractivity contribution in [3.05, 3.63) is 23.8 Å². The molecule has 2 heterocycles. The highest BCUT2D eigenvalue weighted by atomic mass is 16.6. The Bertz CT molecular complexity index is 503. The molecule has 2 aliphatic rings. The summed E-state index contributed by atoms with van der Waals surface area (Å²) in [5, 5.41) is 0. The molecule has 0 aliphatic carbocycles. The topological polar surface area (TPSA) is 64.8 Å². The van der Waals surface area contributed by atoms with Gasteiger partial charge in [0.2, 0.25) is 5.91 Å². The van der Waals surface area contributed by atoms with Gasteiger partial charge in [-0.2, -0.15) is 0 Å². The van der Waals surface area contributed by atoms with Gasteiger partial charge in [0.1, 0.15) is 13.2 Å². The third-order valence-corrected chi connectivity index (χ3v) is 3.72. The van der Waals surface area contributed by atoms with Gasteiger partial charge in [0.25, 0.3) is 0 Å². The van der Waals surface area contributed by atoms with Gasteiger partial charge in [0.05, 0.1) is 6.04 Å². The van der Waals surface area contributed by atoms with Crippen LogP contribution >= 0.6 is 0 Å². The number of rotatable bonds is 2. The number of hydrogen-bond acceptors (Lipinski definition) is 4. The molecule has 0 aromatic heterocycles. The van der Waals surface area contributed by atoms with Gasteiger partial charge in [-0.3, -0.25) is 4.79 Å². The minimum Gasteiger partial charge on any atom is -0.486 e. The van der Waals surface area contributed by atoms with E-state index in [0.717, 1.165) is 17.1 Å². The van der Waals surface area contributed by atoms with Crippen molar-refractivity contribution < 1.29 is 14.3 Å². The summed E-state index contributed by atoms with van der Waals surface area (Å²) in [5.74, 6) is 1.62. The van der Waals surface area contributed by atoms with E-state index in [4.69, 9.17) is 15.2 Å². The highest BCUT2D eigenvalue weighted by Crippen LogP contribution is 2.37. The predicted molar refractivity (Wildman–Crippen MR) is 70.2 cm³/mol. The van der Waals surface area contributed by atoms with Crippen molar-refractivity contribution in [1.29, 1.82) is 0 Å². The summed E-state index contributed by atoms with van der Waals surface area (Å²) in [5.41, 5.74) is 7.13. The fourth-order valence-corrected chi connectivity index (χ4v) is 2.86. The number of likely N-dealkylation sites (N-methyl/N-ethyl adjacent to an activating group) is 1. The number of amides is 1. The van der Waals surface area contributed by atoms with Crippen molar-refractivity contribution in [3.63, 3.8) is 0 Å². The SMILES string of the molecule is CCN1C(=O)CC(N)C1c1ccc2c(c1)OCCO2. The van der Waals surface area contributed by atoms with E-state index < -0.39 is 0 Å². The second kappa shape index (κ2) is 4.74. The van der Waals surface area contributed by atoms with E-state index in [-0.39, 0.29) is 18.0 Å². The number of carbonyl (C=O) groups is 1. The predicted octanol–water partition coefficient (Wildman–Crippen LogP) is 1.08. The standard InChI is InChI=1S/C14H18N2O3/c1-2-16-13(17)8-10(15)14(16)9-3-4-11-12(7-9)19-6-5-18-11/h3-4,7,10,14H,2,5-6,8,15H2,1H3. The highest BCUT2D eigenvalue weighted by Gasteiger charge is 2.38. The number of nitrogens with two attached hydrogens (primary N) is 1. The molecule has 2 aliphatic heterocycles. The Labute approximate surface area is 112 Å². The molecule has 5 heteroatoms. The zero-order chi connectivity index (χ0) is 13.4. The molecule has 2 N–H and O–H groups in total. The van der Waals surface area contributed by atoms with Gasteiger partial charge in [-0.05, 0) is 24.6 Å². The lowest BCUT2D eigenvalue weighted by atomic mass is 10.00. The molecule has 0 bridgehead atoms. The molecule has 5 nitrogen and oxygen atoms in total. The molecule has 19 heavy (non-hydrogen) atoms. The lowest BCUT2D eigenvalue weighted by Gasteiger charge is -2.27. The number of carbonyl (C=O) groups excluding carboxylic acids is 1. The Morgan fingerprint density at radius 3 is 2.79 bits per heavy atom. The molecule has 1 aromatic rings. The second-order valence-corrected chi connectivity index (χ2v) is 4.90. The summed E-state index contributed by atoms with van der Waals surface area (Å²) in [6.07, 6.45) is 0.410. The van der Waals surface area contributed by atoms with Crippen LogP contribution in [0.2, 0.25) is 0 Å². The van der Waals surface area contributed by atoms with E-state index in [2.05, 4.69) is 0 Å². The van der Waals surface area contributed by atoms with E-state index in [9.17, 15) is 4.79 Å². The average Bonchev–Trinajstić information content (AvgIpc) is 2.72. The lowest BCUT2D eigenvalue weighted by molar-refractivity contribution is -0.128. The smallest absolute Gasteiger partial charge is 0.224 e. The second-order valence-electron chi connectivity index (χ2n) is 4.90. The van der Waals surface area contributed by atoms with Gasteiger partial charge in [0, 0.05) is 19.0 Å². The third-order valence-electron chi connectivity index (χ3n) is 3.72. The van der Waals surface area contributed by atoms with Gasteiger partial charge in [0.15, 0.2) is 11.5 Å². The summed E-state index contributed by atoms with van der Waals surface area (Å²) < 4.78 is 11.1. The Kier molecular flexibility index (Phi) is 3.06. The Hall–Kier alpha value is -1.75. The number of fused-ring (bicyclic) bond motifs is 1. The summed E-state index contributed by atoms with van der Waals surface area (Å²) in [7, 11) is 0. The minimum atomic E-state index is -0.157. The Morgan fingerprint density at radius 1 is 1.32 bits per heavy atom. The molecule has 1 amide bonds. The fraction of sp³-hybridized carbons (Fsp3) is 0.500. The monoisotopic (exact) mass is 262 g/mol. The summed E-state index contributed by atoms with van der Waals surface area (Å²) in [6, 6.07) is 5.59. The van der Waals surface area contributed by atoms with Crippen LogP contribution in [0.4, 0.5) is 0 Å². The molecule has 3 rings (SSSR count). The largest absolute Gasteiger partial charge is 0.486 e. The average molecular weight is 262 g/mol. The Morgan fingerprint density at radius 2 is 2.05 bits per heavy atom. The first-order valence-corrected chi connectivity index (χ1v) is 6.65. The van der Waals surface area contributed by atoms with Crippen molar-refractivity contribution in [2.45, 2.75) is 25.4 Å². The van der Waals surface area contributed by atoms with Crippen LogP contribution in [0.1, 0.15) is 24.9 Å². The third kappa shape index (κ3) is 2.04. The number of nitrogens with zero attached hydrogens (tertiary/aromatic N) is 1. The molecule has 1 saturated heterocycles. The molecule has 1 fully saturated rings. The first kappa shape index (κ1) is 12.3. The fourth-order valence-electron chi connectivity index (χ4n) is 2.86. The van der Waals surface area contributed by atoms with E-state index in [1.165, 1.54) is 0 Å². The van der Waals surface area contributed by atoms with Gasteiger partial charge in [-0.1, -0.05) is 6.07 Å². The number of ether oxygens (including phenoxy) is 2. The molecule has 0 spiro atoms. The van der Waals surface area contributed by atoms with Gasteiger partial charge >= 0.3 is 0 Å². The normalized spacial score (nSPS) is 25.8. The molecule has 0 radical (unpaired) electrons. The number of benzene rings is 1. The quantitative estimate of drug-likeness (QED) is 0.866. The lowest BCUT2D eigenvalue weighted by Crippen LogP contribution is -2.33. The first-order chi connectivity index (χ1) is 9.20. The molecular formula is C14H18N2O3. The van der Waals surface area contributed by atoms with Crippen LogP contribution < -0.4 is 15.2 Å². The van der Waals surface area contributed by atoms with Crippen LogP contribution in [0.3, 0.4) is 0 Å². The summed E-state index contributed by atoms with van der Waals surface area (Å²) >= 11 is 0. The van der Waals surface area contributed by atoms with Crippen LogP contribution in [0.5, 0.6) is 11.5 Å². The van der Waals surface area contributed by atoms with Crippen molar-refractivity contribution in [2.24, 2.45) is 5.73 Å². The minimum absolute atomic E-state index is 0.0617. The Balaban J connectivity index is 1.95. The van der Waals surface area contributed by atoms with Crippen LogP contribution in [0.25, 0.3) is 0 Å². The van der Waals surface area contributed by atoms with E-state index in [1.54, 1.807) is 0 Å². The van der Waals surface area contributed by atoms with E-state index in [1.807, 2.05) is 30.0 Å². The van der Waals surface area contributed by atoms with Crippen molar-refractivity contribution >= 4 is 5.91 Å². The zero-order valence-corrected chi connectivity index (χ0v) is 11.0. The molecule has 1 aromatic carbocycles. The van der Waals surface area contributed by atoms with Crippen molar-refractivity contribution in [2.75, 3.05) is 19.8 Å². The zero-order valence-electron chi connectivity index (χ0n) is 11.0. The molecular weight excluding hydrogens is 244 g/mol. The molecule has 0 saturated carbocycles. The van der Waals surface area contributed by atoms with Crippen LogP contribution in [-0.4, -0.2) is 36.6 Å². The van der Waals surface area contributed by atoms with Crippen LogP contribution in [0.15, 0.2) is 18.2 Å². The number of likely N-dealkylation sites (tertiary alicyclic amines) is 1. The summed E-state index contributed by atoms with van der Waals surface area (Å²) in [4.78, 5) is 13.7. The van der Waals surface area contributed by atoms with Gasteiger partial charge < -0.3 is 20.1 Å². The molecule has 2 atom stereocenters. The number of hydrogen-bond donors (Lipinski definition) is 1. The van der Waals surface area contributed by atoms with Gasteiger partial charge in [-0.15, -0.1) is 0 Å². The molecule has 102 valence electrons. The van der Waals surface area contributed by atoms with Gasteiger partial charge in [-0.25, -0.2) is 0 Å². The van der Waals surface area contributed by atoms with Crippen molar-refractivity contribution in [1.82, 2.24) is 4.90 Å². The van der Waals surface area contributed by atoms with Crippen molar-refractivity contribution in [3.8, 4) is 11.5 Å². The maximum Gasteiger partial charge on any atom is 0.224 e. The highest BCUT2D eigenvalue weighted by molar-refractivity contribution is 5.80. The molecule has 2 unspecified atom stereocenters. The maximum absolute atomic E-state index is 11.9. The van der Waals surface area contributed by atoms with Crippen LogP contribution in [0, 0.1) is 0 Å².